The molecule has 0 saturated carbocycles. The second-order valence-corrected chi connectivity index (χ2v) is 7.04. The molecule has 120 valence electrons. The number of fused-ring (bicyclic) bond motifs is 1. The van der Waals surface area contributed by atoms with Gasteiger partial charge < -0.3 is 0 Å². The van der Waals surface area contributed by atoms with Crippen LogP contribution < -0.4 is 4.57 Å². The number of hydrogen-bond donors (Lipinski definition) is 0. The molecule has 23 heavy (non-hydrogen) atoms. The Hall–Kier alpha value is -2.16. The maximum atomic E-state index is 4.53. The van der Waals surface area contributed by atoms with Crippen LogP contribution in [0.2, 0.25) is 0 Å². The lowest BCUT2D eigenvalue weighted by Crippen LogP contribution is -2.31. The standard InChI is InChI=1S/C20H26N3/c1-13(2)9-16-10-14(3)17-7-8-22(5)20(18(17)12-16)19-11-15(4)21-23(19)6/h7-8,10-13H,9H2,1-6H3/q+1. The molecule has 0 N–H and O–H groups in total. The Morgan fingerprint density at radius 2 is 1.87 bits per heavy atom. The summed E-state index contributed by atoms with van der Waals surface area (Å²) in [7, 11) is 4.13. The minimum absolute atomic E-state index is 0.659. The van der Waals surface area contributed by atoms with Gasteiger partial charge in [0.05, 0.1) is 11.1 Å². The molecular formula is C20H26N3+. The summed E-state index contributed by atoms with van der Waals surface area (Å²) in [6, 6.07) is 9.08. The van der Waals surface area contributed by atoms with Gasteiger partial charge in [0.15, 0.2) is 6.20 Å². The molecular weight excluding hydrogens is 282 g/mol. The first-order valence-electron chi connectivity index (χ1n) is 8.29. The number of rotatable bonds is 3. The van der Waals surface area contributed by atoms with Crippen LogP contribution in [0, 0.1) is 19.8 Å². The molecule has 0 amide bonds. The number of benzene rings is 1. The lowest BCUT2D eigenvalue weighted by molar-refractivity contribution is -0.659. The van der Waals surface area contributed by atoms with Crippen molar-refractivity contribution in [1.82, 2.24) is 9.78 Å². The van der Waals surface area contributed by atoms with E-state index in [1.54, 1.807) is 0 Å². The summed E-state index contributed by atoms with van der Waals surface area (Å²) in [5.74, 6) is 0.659. The Bertz CT molecular complexity index is 872. The van der Waals surface area contributed by atoms with Crippen molar-refractivity contribution in [1.29, 1.82) is 0 Å². The van der Waals surface area contributed by atoms with E-state index in [4.69, 9.17) is 0 Å². The zero-order valence-electron chi connectivity index (χ0n) is 15.0. The fourth-order valence-electron chi connectivity index (χ4n) is 3.48. The predicted molar refractivity (Wildman–Crippen MR) is 95.3 cm³/mol. The third-order valence-electron chi connectivity index (χ3n) is 4.41. The van der Waals surface area contributed by atoms with Crippen molar-refractivity contribution in [3.8, 4) is 11.4 Å². The zero-order chi connectivity index (χ0) is 16.7. The number of pyridine rings is 1. The number of nitrogens with zero attached hydrogens (tertiary/aromatic N) is 3. The number of hydrogen-bond acceptors (Lipinski definition) is 1. The molecule has 0 saturated heterocycles. The second-order valence-electron chi connectivity index (χ2n) is 7.04. The summed E-state index contributed by atoms with van der Waals surface area (Å²) >= 11 is 0. The van der Waals surface area contributed by atoms with E-state index < -0.39 is 0 Å². The molecule has 0 aliphatic heterocycles. The van der Waals surface area contributed by atoms with Crippen molar-refractivity contribution in [2.45, 2.75) is 34.1 Å². The summed E-state index contributed by atoms with van der Waals surface area (Å²) < 4.78 is 4.19. The molecule has 3 nitrogen and oxygen atoms in total. The van der Waals surface area contributed by atoms with E-state index in [1.165, 1.54) is 27.6 Å². The number of aryl methyl sites for hydroxylation is 4. The van der Waals surface area contributed by atoms with Gasteiger partial charge in [-0.1, -0.05) is 19.9 Å². The topological polar surface area (TPSA) is 21.7 Å². The van der Waals surface area contributed by atoms with Crippen molar-refractivity contribution in [3.63, 3.8) is 0 Å². The summed E-state index contributed by atoms with van der Waals surface area (Å²) in [5.41, 5.74) is 6.21. The highest BCUT2D eigenvalue weighted by Gasteiger charge is 2.20. The first-order chi connectivity index (χ1) is 10.9. The van der Waals surface area contributed by atoms with Gasteiger partial charge in [-0.2, -0.15) is 9.67 Å². The van der Waals surface area contributed by atoms with Gasteiger partial charge in [-0.3, -0.25) is 4.68 Å². The lowest BCUT2D eigenvalue weighted by Gasteiger charge is -2.11. The molecule has 0 aliphatic carbocycles. The van der Waals surface area contributed by atoms with Gasteiger partial charge in [0.1, 0.15) is 12.7 Å². The summed E-state index contributed by atoms with van der Waals surface area (Å²) in [4.78, 5) is 0. The van der Waals surface area contributed by atoms with Crippen LogP contribution in [-0.4, -0.2) is 9.78 Å². The minimum atomic E-state index is 0.659. The first-order valence-corrected chi connectivity index (χ1v) is 8.29. The largest absolute Gasteiger partial charge is 0.262 e. The molecule has 0 atom stereocenters. The van der Waals surface area contributed by atoms with E-state index in [0.29, 0.717) is 5.92 Å². The first kappa shape index (κ1) is 15.7. The van der Waals surface area contributed by atoms with Crippen LogP contribution >= 0.6 is 0 Å². The van der Waals surface area contributed by atoms with Crippen molar-refractivity contribution in [2.75, 3.05) is 0 Å². The molecule has 3 rings (SSSR count). The van der Waals surface area contributed by atoms with Gasteiger partial charge in [0, 0.05) is 13.1 Å². The molecule has 0 radical (unpaired) electrons. The average Bonchev–Trinajstić information content (AvgIpc) is 2.76. The van der Waals surface area contributed by atoms with Crippen LogP contribution in [0.15, 0.2) is 30.5 Å². The third-order valence-corrected chi connectivity index (χ3v) is 4.41. The Morgan fingerprint density at radius 3 is 2.48 bits per heavy atom. The SMILES string of the molecule is Cc1cc(-c2c3cc(CC(C)C)cc(C)c3cc[n+]2C)n(C)n1. The second kappa shape index (κ2) is 5.80. The third kappa shape index (κ3) is 2.88. The fourth-order valence-corrected chi connectivity index (χ4v) is 3.48. The highest BCUT2D eigenvalue weighted by molar-refractivity contribution is 5.94. The van der Waals surface area contributed by atoms with Gasteiger partial charge >= 0.3 is 0 Å². The summed E-state index contributed by atoms with van der Waals surface area (Å²) in [6.07, 6.45) is 3.26. The van der Waals surface area contributed by atoms with E-state index >= 15 is 0 Å². The van der Waals surface area contributed by atoms with Gasteiger partial charge in [-0.15, -0.1) is 0 Å². The molecule has 0 unspecified atom stereocenters. The molecule has 2 aromatic heterocycles. The zero-order valence-corrected chi connectivity index (χ0v) is 15.0. The maximum Gasteiger partial charge on any atom is 0.238 e. The van der Waals surface area contributed by atoms with Gasteiger partial charge in [0.25, 0.3) is 0 Å². The van der Waals surface area contributed by atoms with Crippen LogP contribution in [0.1, 0.15) is 30.7 Å². The van der Waals surface area contributed by atoms with E-state index in [2.05, 4.69) is 67.9 Å². The van der Waals surface area contributed by atoms with Crippen LogP contribution in [0.25, 0.3) is 22.2 Å². The molecule has 2 heterocycles. The van der Waals surface area contributed by atoms with Crippen LogP contribution in [0.3, 0.4) is 0 Å². The molecule has 3 heteroatoms. The van der Waals surface area contributed by atoms with Crippen molar-refractivity contribution in [3.05, 3.63) is 47.3 Å². The smallest absolute Gasteiger partial charge is 0.238 e. The Kier molecular flexibility index (Phi) is 3.97. The fraction of sp³-hybridized carbons (Fsp3) is 0.400. The highest BCUT2D eigenvalue weighted by Crippen LogP contribution is 2.29. The highest BCUT2D eigenvalue weighted by atomic mass is 15.3. The van der Waals surface area contributed by atoms with E-state index in [-0.39, 0.29) is 0 Å². The molecule has 1 aromatic carbocycles. The summed E-state index contributed by atoms with van der Waals surface area (Å²) in [5, 5.41) is 7.17. The monoisotopic (exact) mass is 308 g/mol. The quantitative estimate of drug-likeness (QED) is 0.673. The van der Waals surface area contributed by atoms with Crippen molar-refractivity contribution < 1.29 is 4.57 Å². The summed E-state index contributed by atoms with van der Waals surface area (Å²) in [6.45, 7) is 8.81. The molecule has 0 bridgehead atoms. The maximum absolute atomic E-state index is 4.53. The average molecular weight is 308 g/mol. The molecule has 0 fully saturated rings. The Morgan fingerprint density at radius 1 is 1.13 bits per heavy atom. The molecule has 0 spiro atoms. The van der Waals surface area contributed by atoms with Crippen molar-refractivity contribution >= 4 is 10.8 Å². The Labute approximate surface area is 138 Å². The minimum Gasteiger partial charge on any atom is -0.262 e. The van der Waals surface area contributed by atoms with Crippen LogP contribution in [-0.2, 0) is 20.5 Å². The van der Waals surface area contributed by atoms with Gasteiger partial charge in [0.2, 0.25) is 5.69 Å². The van der Waals surface area contributed by atoms with E-state index in [0.717, 1.165) is 17.8 Å². The van der Waals surface area contributed by atoms with E-state index in [1.807, 2.05) is 18.7 Å². The Balaban J connectivity index is 2.33. The van der Waals surface area contributed by atoms with Gasteiger partial charge in [-0.05, 0) is 54.8 Å². The normalized spacial score (nSPS) is 11.6. The molecule has 3 aromatic rings. The lowest BCUT2D eigenvalue weighted by atomic mass is 9.95. The van der Waals surface area contributed by atoms with Gasteiger partial charge in [-0.25, -0.2) is 0 Å². The van der Waals surface area contributed by atoms with Crippen molar-refractivity contribution in [2.24, 2.45) is 20.0 Å². The number of aromatic nitrogens is 3. The van der Waals surface area contributed by atoms with Crippen LogP contribution in [0.4, 0.5) is 0 Å². The predicted octanol–water partition coefficient (Wildman–Crippen LogP) is 3.88. The van der Waals surface area contributed by atoms with E-state index in [9.17, 15) is 0 Å². The van der Waals surface area contributed by atoms with Crippen LogP contribution in [0.5, 0.6) is 0 Å². The molecule has 0 aliphatic rings.